The van der Waals surface area contributed by atoms with Gasteiger partial charge < -0.3 is 9.22 Å². The van der Waals surface area contributed by atoms with E-state index in [9.17, 15) is 0 Å². The second-order valence-corrected chi connectivity index (χ2v) is 7.23. The summed E-state index contributed by atoms with van der Waals surface area (Å²) in [6.45, 7) is 7.63. The summed E-state index contributed by atoms with van der Waals surface area (Å²) in [5.41, 5.74) is 0. The average Bonchev–Trinajstić information content (AvgIpc) is 2.45. The zero-order chi connectivity index (χ0) is 15.8. The van der Waals surface area contributed by atoms with Crippen LogP contribution in [-0.2, 0) is 4.74 Å². The van der Waals surface area contributed by atoms with Gasteiger partial charge in [-0.1, -0.05) is 71.6 Å². The summed E-state index contributed by atoms with van der Waals surface area (Å²) < 4.78 is 6.89. The molecule has 0 atom stereocenters. The fourth-order valence-corrected chi connectivity index (χ4v) is 2.68. The highest BCUT2D eigenvalue weighted by Crippen LogP contribution is 2.09. The van der Waals surface area contributed by atoms with E-state index in [0.29, 0.717) is 0 Å². The molecule has 0 amide bonds. The Balaban J connectivity index is 3.34. The van der Waals surface area contributed by atoms with E-state index in [4.69, 9.17) is 4.74 Å². The van der Waals surface area contributed by atoms with Crippen LogP contribution in [0.15, 0.2) is 0 Å². The van der Waals surface area contributed by atoms with E-state index in [0.717, 1.165) is 17.8 Å². The Kier molecular flexibility index (Phi) is 14.8. The summed E-state index contributed by atoms with van der Waals surface area (Å²) >= 11 is 0. The molecule has 0 saturated heterocycles. The molecule has 0 aliphatic carbocycles. The zero-order valence-corrected chi connectivity index (χ0v) is 15.5. The summed E-state index contributed by atoms with van der Waals surface area (Å²) in [6.07, 6.45) is 16.4. The molecule has 2 nitrogen and oxygen atoms in total. The van der Waals surface area contributed by atoms with E-state index < -0.39 is 0 Å². The molecule has 0 fully saturated rings. The summed E-state index contributed by atoms with van der Waals surface area (Å²) in [5.74, 6) is 0. The second kappa shape index (κ2) is 14.8. The standard InChI is InChI=1S/C19H42NO/c1-5-7-9-11-13-15-17-20(3,4)19-21-18-16-14-12-10-8-6-2/h5-19H2,1-4H3/q+1. The fourth-order valence-electron chi connectivity index (χ4n) is 2.68. The van der Waals surface area contributed by atoms with E-state index >= 15 is 0 Å². The Morgan fingerprint density at radius 3 is 1.67 bits per heavy atom. The molecule has 0 aromatic carbocycles. The number of hydrogen-bond acceptors (Lipinski definition) is 1. The Bertz CT molecular complexity index is 204. The molecule has 0 aromatic heterocycles. The number of rotatable bonds is 16. The molecule has 0 aromatic rings. The van der Waals surface area contributed by atoms with Crippen molar-refractivity contribution in [3.63, 3.8) is 0 Å². The van der Waals surface area contributed by atoms with Crippen LogP contribution >= 0.6 is 0 Å². The first-order valence-electron chi connectivity index (χ1n) is 9.52. The van der Waals surface area contributed by atoms with Gasteiger partial charge in [-0.15, -0.1) is 0 Å². The smallest absolute Gasteiger partial charge is 0.182 e. The summed E-state index contributed by atoms with van der Waals surface area (Å²) in [4.78, 5) is 0. The number of nitrogens with zero attached hydrogens (tertiary/aromatic N) is 1. The lowest BCUT2D eigenvalue weighted by Gasteiger charge is -2.29. The van der Waals surface area contributed by atoms with Crippen molar-refractivity contribution >= 4 is 0 Å². The van der Waals surface area contributed by atoms with E-state index in [1.807, 2.05) is 0 Å². The van der Waals surface area contributed by atoms with Crippen molar-refractivity contribution in [3.8, 4) is 0 Å². The molecule has 0 rings (SSSR count). The van der Waals surface area contributed by atoms with Crippen LogP contribution in [0.2, 0.25) is 0 Å². The van der Waals surface area contributed by atoms with Gasteiger partial charge in [0.25, 0.3) is 0 Å². The lowest BCUT2D eigenvalue weighted by Crippen LogP contribution is -2.42. The minimum absolute atomic E-state index is 0.879. The molecule has 2 heteroatoms. The predicted molar refractivity (Wildman–Crippen MR) is 94.5 cm³/mol. The second-order valence-electron chi connectivity index (χ2n) is 7.23. The van der Waals surface area contributed by atoms with Crippen LogP contribution in [0.5, 0.6) is 0 Å². The van der Waals surface area contributed by atoms with Crippen LogP contribution < -0.4 is 0 Å². The molecule has 128 valence electrons. The third-order valence-electron chi connectivity index (χ3n) is 4.20. The number of unbranched alkanes of at least 4 members (excludes halogenated alkanes) is 10. The molecule has 0 saturated carbocycles. The SMILES string of the molecule is CCCCCCCCOC[N+](C)(C)CCCCCCCC. The van der Waals surface area contributed by atoms with Gasteiger partial charge in [0.15, 0.2) is 6.73 Å². The minimum atomic E-state index is 0.879. The first-order valence-corrected chi connectivity index (χ1v) is 9.52. The Labute approximate surface area is 134 Å². The maximum Gasteiger partial charge on any atom is 0.182 e. The van der Waals surface area contributed by atoms with Crippen molar-refractivity contribution in [1.82, 2.24) is 0 Å². The van der Waals surface area contributed by atoms with Gasteiger partial charge in [-0.2, -0.15) is 0 Å². The monoisotopic (exact) mass is 300 g/mol. The normalized spacial score (nSPS) is 12.0. The molecule has 0 N–H and O–H groups in total. The molecule has 0 heterocycles. The van der Waals surface area contributed by atoms with Crippen molar-refractivity contribution in [2.45, 2.75) is 90.9 Å². The highest BCUT2D eigenvalue weighted by Gasteiger charge is 2.13. The van der Waals surface area contributed by atoms with Gasteiger partial charge in [-0.05, 0) is 19.3 Å². The molecule has 0 aliphatic heterocycles. The lowest BCUT2D eigenvalue weighted by atomic mass is 10.1. The van der Waals surface area contributed by atoms with Gasteiger partial charge in [-0.25, -0.2) is 0 Å². The summed E-state index contributed by atoms with van der Waals surface area (Å²) in [6, 6.07) is 0. The summed E-state index contributed by atoms with van der Waals surface area (Å²) in [7, 11) is 4.60. The third kappa shape index (κ3) is 16.1. The van der Waals surface area contributed by atoms with Crippen LogP contribution in [0.25, 0.3) is 0 Å². The maximum absolute atomic E-state index is 5.87. The highest BCUT2D eigenvalue weighted by atomic mass is 16.5. The Morgan fingerprint density at radius 1 is 0.619 bits per heavy atom. The van der Waals surface area contributed by atoms with Crippen molar-refractivity contribution in [3.05, 3.63) is 0 Å². The maximum atomic E-state index is 5.87. The van der Waals surface area contributed by atoms with Gasteiger partial charge in [0, 0.05) is 0 Å². The molecule has 0 aliphatic rings. The van der Waals surface area contributed by atoms with E-state index in [1.165, 1.54) is 83.6 Å². The fraction of sp³-hybridized carbons (Fsp3) is 1.00. The van der Waals surface area contributed by atoms with Crippen LogP contribution in [0.4, 0.5) is 0 Å². The largest absolute Gasteiger partial charge is 0.332 e. The van der Waals surface area contributed by atoms with Crippen LogP contribution in [-0.4, -0.2) is 38.5 Å². The van der Waals surface area contributed by atoms with Crippen molar-refractivity contribution in [1.29, 1.82) is 0 Å². The third-order valence-corrected chi connectivity index (χ3v) is 4.20. The van der Waals surface area contributed by atoms with Crippen molar-refractivity contribution in [2.75, 3.05) is 34.0 Å². The molecule has 0 spiro atoms. The average molecular weight is 301 g/mol. The van der Waals surface area contributed by atoms with Crippen molar-refractivity contribution in [2.24, 2.45) is 0 Å². The minimum Gasteiger partial charge on any atom is -0.332 e. The van der Waals surface area contributed by atoms with E-state index in [1.54, 1.807) is 0 Å². The van der Waals surface area contributed by atoms with Gasteiger partial charge in [0.1, 0.15) is 0 Å². The molecular formula is C19H42NO+. The van der Waals surface area contributed by atoms with Gasteiger partial charge in [-0.3, -0.25) is 0 Å². The number of hydrogen-bond donors (Lipinski definition) is 0. The topological polar surface area (TPSA) is 9.23 Å². The van der Waals surface area contributed by atoms with Gasteiger partial charge in [0.2, 0.25) is 0 Å². The van der Waals surface area contributed by atoms with Crippen molar-refractivity contribution < 1.29 is 9.22 Å². The molecule has 0 radical (unpaired) electrons. The summed E-state index contributed by atoms with van der Waals surface area (Å²) in [5, 5.41) is 0. The number of quaternary nitrogens is 1. The van der Waals surface area contributed by atoms with Crippen LogP contribution in [0, 0.1) is 0 Å². The first-order chi connectivity index (χ1) is 10.1. The molecule has 21 heavy (non-hydrogen) atoms. The highest BCUT2D eigenvalue weighted by molar-refractivity contribution is 4.44. The van der Waals surface area contributed by atoms with Gasteiger partial charge >= 0.3 is 0 Å². The number of ether oxygens (including phenoxy) is 1. The predicted octanol–water partition coefficient (Wildman–Crippen LogP) is 5.76. The molecular weight excluding hydrogens is 258 g/mol. The van der Waals surface area contributed by atoms with E-state index in [2.05, 4.69) is 27.9 Å². The molecule has 0 bridgehead atoms. The quantitative estimate of drug-likeness (QED) is 0.200. The molecule has 0 unspecified atom stereocenters. The Morgan fingerprint density at radius 2 is 1.10 bits per heavy atom. The van der Waals surface area contributed by atoms with Crippen LogP contribution in [0.3, 0.4) is 0 Å². The lowest BCUT2D eigenvalue weighted by molar-refractivity contribution is -0.909. The van der Waals surface area contributed by atoms with Gasteiger partial charge in [0.05, 0.1) is 27.2 Å². The zero-order valence-electron chi connectivity index (χ0n) is 15.5. The van der Waals surface area contributed by atoms with Crippen LogP contribution in [0.1, 0.15) is 90.9 Å². The first kappa shape index (κ1) is 20.9. The Hall–Kier alpha value is -0.0800. The van der Waals surface area contributed by atoms with E-state index in [-0.39, 0.29) is 0 Å².